The van der Waals surface area contributed by atoms with E-state index in [4.69, 9.17) is 4.74 Å². The molecule has 0 heterocycles. The van der Waals surface area contributed by atoms with E-state index in [9.17, 15) is 0 Å². The van der Waals surface area contributed by atoms with Gasteiger partial charge in [-0.15, -0.1) is 6.58 Å². The van der Waals surface area contributed by atoms with E-state index in [-0.39, 0.29) is 0 Å². The van der Waals surface area contributed by atoms with E-state index in [1.54, 1.807) is 0 Å². The van der Waals surface area contributed by atoms with Crippen LogP contribution < -0.4 is 5.32 Å². The summed E-state index contributed by atoms with van der Waals surface area (Å²) in [6.45, 7) is 5.95. The van der Waals surface area contributed by atoms with Gasteiger partial charge in [0.2, 0.25) is 0 Å². The molecule has 1 N–H and O–H groups in total. The second kappa shape index (κ2) is 11.2. The van der Waals surface area contributed by atoms with Crippen molar-refractivity contribution in [1.82, 2.24) is 5.32 Å². The number of likely N-dealkylation sites (N-methyl/N-ethyl adjacent to an activating group) is 1. The molecule has 0 aliphatic rings. The molecule has 0 amide bonds. The predicted molar refractivity (Wildman–Crippen MR) is 71.8 cm³/mol. The molecule has 0 radical (unpaired) electrons. The first-order chi connectivity index (χ1) is 7.79. The standard InChI is InChI=1S/C14H29NO/c1-5-7-8-9-10-12-13(15-3)14(16-4)11-6-2/h5,13-15H,1,6-12H2,2-4H3. The highest BCUT2D eigenvalue weighted by Gasteiger charge is 2.17. The van der Waals surface area contributed by atoms with Crippen molar-refractivity contribution in [2.45, 2.75) is 64.0 Å². The van der Waals surface area contributed by atoms with Crippen LogP contribution >= 0.6 is 0 Å². The summed E-state index contributed by atoms with van der Waals surface area (Å²) in [6.07, 6.45) is 10.9. The second-order valence-corrected chi connectivity index (χ2v) is 4.38. The maximum absolute atomic E-state index is 5.54. The van der Waals surface area contributed by atoms with Crippen molar-refractivity contribution in [2.24, 2.45) is 0 Å². The molecule has 0 aromatic rings. The lowest BCUT2D eigenvalue weighted by molar-refractivity contribution is 0.0597. The highest BCUT2D eigenvalue weighted by atomic mass is 16.5. The smallest absolute Gasteiger partial charge is 0.0724 e. The summed E-state index contributed by atoms with van der Waals surface area (Å²) in [5.74, 6) is 0. The zero-order valence-corrected chi connectivity index (χ0v) is 11.3. The molecule has 16 heavy (non-hydrogen) atoms. The lowest BCUT2D eigenvalue weighted by Gasteiger charge is -2.25. The van der Waals surface area contributed by atoms with Gasteiger partial charge in [0.05, 0.1) is 6.10 Å². The van der Waals surface area contributed by atoms with E-state index in [1.165, 1.54) is 32.1 Å². The molecular formula is C14H29NO. The highest BCUT2D eigenvalue weighted by molar-refractivity contribution is 4.75. The number of unbranched alkanes of at least 4 members (excludes halogenated alkanes) is 3. The molecule has 0 aliphatic heterocycles. The Kier molecular flexibility index (Phi) is 10.9. The van der Waals surface area contributed by atoms with E-state index in [1.807, 2.05) is 20.2 Å². The first-order valence-corrected chi connectivity index (χ1v) is 6.61. The molecule has 0 saturated carbocycles. The molecule has 0 fully saturated rings. The summed E-state index contributed by atoms with van der Waals surface area (Å²) in [6, 6.07) is 0.508. The molecule has 0 aromatic carbocycles. The van der Waals surface area contributed by atoms with Crippen LogP contribution in [0.15, 0.2) is 12.7 Å². The van der Waals surface area contributed by atoms with Crippen molar-refractivity contribution >= 4 is 0 Å². The topological polar surface area (TPSA) is 21.3 Å². The van der Waals surface area contributed by atoms with Crippen LogP contribution in [0.3, 0.4) is 0 Å². The number of methoxy groups -OCH3 is 1. The van der Waals surface area contributed by atoms with Gasteiger partial charge in [0, 0.05) is 13.2 Å². The Hall–Kier alpha value is -0.340. The zero-order valence-electron chi connectivity index (χ0n) is 11.3. The summed E-state index contributed by atoms with van der Waals surface area (Å²) in [4.78, 5) is 0. The highest BCUT2D eigenvalue weighted by Crippen LogP contribution is 2.13. The van der Waals surface area contributed by atoms with Crippen molar-refractivity contribution in [3.05, 3.63) is 12.7 Å². The number of rotatable bonds is 11. The minimum Gasteiger partial charge on any atom is -0.380 e. The molecule has 2 atom stereocenters. The number of hydrogen-bond donors (Lipinski definition) is 1. The van der Waals surface area contributed by atoms with Gasteiger partial charge in [-0.2, -0.15) is 0 Å². The van der Waals surface area contributed by atoms with Gasteiger partial charge in [-0.25, -0.2) is 0 Å². The van der Waals surface area contributed by atoms with Gasteiger partial charge in [0.1, 0.15) is 0 Å². The Balaban J connectivity index is 3.74. The molecule has 96 valence electrons. The third kappa shape index (κ3) is 7.02. The Morgan fingerprint density at radius 1 is 1.25 bits per heavy atom. The predicted octanol–water partition coefficient (Wildman–Crippen LogP) is 3.53. The Bertz CT molecular complexity index is 159. The summed E-state index contributed by atoms with van der Waals surface area (Å²) in [7, 11) is 3.86. The molecule has 2 nitrogen and oxygen atoms in total. The minimum absolute atomic E-state index is 0.370. The van der Waals surface area contributed by atoms with E-state index in [0.717, 1.165) is 12.8 Å². The molecular weight excluding hydrogens is 198 g/mol. The van der Waals surface area contributed by atoms with E-state index < -0.39 is 0 Å². The van der Waals surface area contributed by atoms with Crippen LogP contribution in [0.5, 0.6) is 0 Å². The first kappa shape index (κ1) is 15.7. The maximum atomic E-state index is 5.54. The van der Waals surface area contributed by atoms with Crippen LogP contribution in [-0.2, 0) is 4.74 Å². The number of ether oxygens (including phenoxy) is 1. The van der Waals surface area contributed by atoms with Crippen molar-refractivity contribution in [1.29, 1.82) is 0 Å². The minimum atomic E-state index is 0.370. The molecule has 0 saturated heterocycles. The Morgan fingerprint density at radius 3 is 2.50 bits per heavy atom. The van der Waals surface area contributed by atoms with Gasteiger partial charge in [-0.1, -0.05) is 32.3 Å². The lowest BCUT2D eigenvalue weighted by atomic mass is 9.99. The van der Waals surface area contributed by atoms with E-state index in [2.05, 4.69) is 18.8 Å². The van der Waals surface area contributed by atoms with Crippen molar-refractivity contribution in [3.8, 4) is 0 Å². The lowest BCUT2D eigenvalue weighted by Crippen LogP contribution is -2.38. The monoisotopic (exact) mass is 227 g/mol. The van der Waals surface area contributed by atoms with E-state index in [0.29, 0.717) is 12.1 Å². The number of nitrogens with one attached hydrogen (secondary N) is 1. The maximum Gasteiger partial charge on any atom is 0.0724 e. The molecule has 0 bridgehead atoms. The first-order valence-electron chi connectivity index (χ1n) is 6.61. The van der Waals surface area contributed by atoms with Crippen LogP contribution in [0.25, 0.3) is 0 Å². The molecule has 0 spiro atoms. The van der Waals surface area contributed by atoms with Gasteiger partial charge in [-0.3, -0.25) is 0 Å². The van der Waals surface area contributed by atoms with Gasteiger partial charge in [-0.05, 0) is 32.7 Å². The van der Waals surface area contributed by atoms with Gasteiger partial charge in [0.25, 0.3) is 0 Å². The average molecular weight is 227 g/mol. The fourth-order valence-electron chi connectivity index (χ4n) is 2.11. The normalized spacial score (nSPS) is 14.7. The zero-order chi connectivity index (χ0) is 12.2. The number of hydrogen-bond acceptors (Lipinski definition) is 2. The average Bonchev–Trinajstić information content (AvgIpc) is 2.31. The van der Waals surface area contributed by atoms with Crippen molar-refractivity contribution in [2.75, 3.05) is 14.2 Å². The summed E-state index contributed by atoms with van der Waals surface area (Å²) in [5.41, 5.74) is 0. The second-order valence-electron chi connectivity index (χ2n) is 4.38. The van der Waals surface area contributed by atoms with Crippen LogP contribution in [-0.4, -0.2) is 26.3 Å². The van der Waals surface area contributed by atoms with Crippen LogP contribution in [0, 0.1) is 0 Å². The fourth-order valence-corrected chi connectivity index (χ4v) is 2.11. The van der Waals surface area contributed by atoms with Gasteiger partial charge in [0.15, 0.2) is 0 Å². The Labute approximate surface area is 101 Å². The fraction of sp³-hybridized carbons (Fsp3) is 0.857. The van der Waals surface area contributed by atoms with E-state index >= 15 is 0 Å². The third-order valence-corrected chi connectivity index (χ3v) is 3.12. The number of allylic oxidation sites excluding steroid dienone is 1. The van der Waals surface area contributed by atoms with Crippen LogP contribution in [0.1, 0.15) is 51.9 Å². The molecule has 0 aromatic heterocycles. The summed E-state index contributed by atoms with van der Waals surface area (Å²) < 4.78 is 5.54. The van der Waals surface area contributed by atoms with Crippen LogP contribution in [0.2, 0.25) is 0 Å². The van der Waals surface area contributed by atoms with Gasteiger partial charge >= 0.3 is 0 Å². The molecule has 0 rings (SSSR count). The molecule has 2 unspecified atom stereocenters. The summed E-state index contributed by atoms with van der Waals surface area (Å²) in [5, 5.41) is 3.38. The van der Waals surface area contributed by atoms with Gasteiger partial charge < -0.3 is 10.1 Å². The SMILES string of the molecule is C=CCCCCCC(NC)C(CCC)OC. The largest absolute Gasteiger partial charge is 0.380 e. The summed E-state index contributed by atoms with van der Waals surface area (Å²) >= 11 is 0. The van der Waals surface area contributed by atoms with Crippen LogP contribution in [0.4, 0.5) is 0 Å². The molecule has 2 heteroatoms. The molecule has 0 aliphatic carbocycles. The third-order valence-electron chi connectivity index (χ3n) is 3.12. The Morgan fingerprint density at radius 2 is 2.00 bits per heavy atom. The van der Waals surface area contributed by atoms with Crippen molar-refractivity contribution < 1.29 is 4.74 Å². The van der Waals surface area contributed by atoms with Crippen molar-refractivity contribution in [3.63, 3.8) is 0 Å². The quantitative estimate of drug-likeness (QED) is 0.431.